The number of carbonyl (C=O) groups excluding carboxylic acids is 1. The van der Waals surface area contributed by atoms with Gasteiger partial charge in [-0.25, -0.2) is 0 Å². The highest BCUT2D eigenvalue weighted by Gasteiger charge is 2.46. The summed E-state index contributed by atoms with van der Waals surface area (Å²) in [7, 11) is 0. The van der Waals surface area contributed by atoms with Crippen LogP contribution in [0.4, 0.5) is 0 Å². The van der Waals surface area contributed by atoms with Crippen LogP contribution in [0.3, 0.4) is 0 Å². The van der Waals surface area contributed by atoms with Crippen LogP contribution >= 0.6 is 11.6 Å². The van der Waals surface area contributed by atoms with Crippen LogP contribution in [0.25, 0.3) is 0 Å². The summed E-state index contributed by atoms with van der Waals surface area (Å²) in [5.74, 6) is -0.00274. The Hall–Kier alpha value is -1.38. The molecule has 1 saturated heterocycles. The minimum absolute atomic E-state index is 0.407. The van der Waals surface area contributed by atoms with Gasteiger partial charge < -0.3 is 30.1 Å². The lowest BCUT2D eigenvalue weighted by atomic mass is 9.97. The molecule has 0 radical (unpaired) electrons. The van der Waals surface area contributed by atoms with Crippen molar-refractivity contribution in [2.45, 2.75) is 37.6 Å². The van der Waals surface area contributed by atoms with Gasteiger partial charge in [0.05, 0.1) is 6.61 Å². The summed E-state index contributed by atoms with van der Waals surface area (Å²) in [6.07, 6.45) is -4.77. The summed E-state index contributed by atoms with van der Waals surface area (Å²) in [4.78, 5) is 11.3. The van der Waals surface area contributed by atoms with E-state index in [1.54, 1.807) is 24.3 Å². The summed E-state index contributed by atoms with van der Waals surface area (Å²) in [5.41, 5.74) is 0. The predicted octanol–water partition coefficient (Wildman–Crippen LogP) is -0.338. The number of hydrogen-bond acceptors (Lipinski definition) is 6. The molecule has 0 spiro atoms. The first kappa shape index (κ1) is 17.0. The van der Waals surface area contributed by atoms with Crippen molar-refractivity contribution in [2.75, 3.05) is 6.61 Å². The third-order valence-electron chi connectivity index (χ3n) is 3.32. The molecular weight excluding hydrogens is 314 g/mol. The third kappa shape index (κ3) is 3.88. The number of aliphatic hydroxyl groups is 3. The van der Waals surface area contributed by atoms with E-state index in [0.29, 0.717) is 10.8 Å². The number of rotatable bonds is 4. The van der Waals surface area contributed by atoms with Crippen LogP contribution in [0, 0.1) is 0 Å². The number of ether oxygens (including phenoxy) is 2. The zero-order chi connectivity index (χ0) is 16.3. The zero-order valence-electron chi connectivity index (χ0n) is 11.8. The van der Waals surface area contributed by atoms with Crippen molar-refractivity contribution in [1.82, 2.24) is 5.32 Å². The maximum atomic E-state index is 11.3. The number of carbonyl (C=O) groups is 1. The lowest BCUT2D eigenvalue weighted by Gasteiger charge is -2.42. The molecule has 1 fully saturated rings. The molecule has 8 heteroatoms. The molecule has 1 amide bonds. The first-order chi connectivity index (χ1) is 10.4. The first-order valence-electron chi connectivity index (χ1n) is 6.74. The van der Waals surface area contributed by atoms with E-state index in [2.05, 4.69) is 5.32 Å². The number of aliphatic hydroxyl groups excluding tert-OH is 3. The number of benzene rings is 1. The Morgan fingerprint density at radius 1 is 1.32 bits per heavy atom. The number of halogens is 1. The second-order valence-corrected chi connectivity index (χ2v) is 5.44. The fourth-order valence-corrected chi connectivity index (χ4v) is 2.34. The smallest absolute Gasteiger partial charge is 0.223 e. The van der Waals surface area contributed by atoms with Crippen molar-refractivity contribution in [3.63, 3.8) is 0 Å². The summed E-state index contributed by atoms with van der Waals surface area (Å²) in [5, 5.41) is 32.2. The van der Waals surface area contributed by atoms with E-state index in [4.69, 9.17) is 21.1 Å². The Morgan fingerprint density at radius 3 is 2.50 bits per heavy atom. The Bertz CT molecular complexity index is 511. The average molecular weight is 332 g/mol. The molecule has 122 valence electrons. The molecule has 1 heterocycles. The van der Waals surface area contributed by atoms with Crippen molar-refractivity contribution >= 4 is 17.5 Å². The number of nitrogens with one attached hydrogen (secondary N) is 1. The van der Waals surface area contributed by atoms with E-state index >= 15 is 0 Å². The molecule has 2 rings (SSSR count). The van der Waals surface area contributed by atoms with E-state index in [1.165, 1.54) is 6.92 Å². The van der Waals surface area contributed by atoms with E-state index in [9.17, 15) is 20.1 Å². The highest BCUT2D eigenvalue weighted by molar-refractivity contribution is 6.30. The maximum absolute atomic E-state index is 11.3. The zero-order valence-corrected chi connectivity index (χ0v) is 12.6. The molecule has 1 aromatic rings. The largest absolute Gasteiger partial charge is 0.463 e. The van der Waals surface area contributed by atoms with Gasteiger partial charge in [-0.15, -0.1) is 0 Å². The van der Waals surface area contributed by atoms with Gasteiger partial charge in [0.25, 0.3) is 0 Å². The molecule has 0 aliphatic carbocycles. The van der Waals surface area contributed by atoms with Crippen LogP contribution in [0.15, 0.2) is 24.3 Å². The van der Waals surface area contributed by atoms with Crippen molar-refractivity contribution in [1.29, 1.82) is 0 Å². The first-order valence-corrected chi connectivity index (χ1v) is 7.12. The Balaban J connectivity index is 2.18. The van der Waals surface area contributed by atoms with E-state index in [1.807, 2.05) is 0 Å². The van der Waals surface area contributed by atoms with Crippen LogP contribution < -0.4 is 10.1 Å². The van der Waals surface area contributed by atoms with Crippen molar-refractivity contribution in [2.24, 2.45) is 0 Å². The standard InChI is InChI=1S/C14H18ClNO6/c1-7(18)16-11-13(20)12(19)10(6-17)22-14(11)21-9-4-2-8(15)3-5-9/h2-5,10-14,17,19-20H,6H2,1H3,(H,16,18)/t10-,11-,12+,13-,14-/m0/s1. The molecular formula is C14H18ClNO6. The van der Waals surface area contributed by atoms with Gasteiger partial charge in [-0.1, -0.05) is 11.6 Å². The lowest BCUT2D eigenvalue weighted by Crippen LogP contribution is -2.65. The monoisotopic (exact) mass is 331 g/mol. The minimum atomic E-state index is -1.34. The van der Waals surface area contributed by atoms with Gasteiger partial charge in [0, 0.05) is 11.9 Å². The summed E-state index contributed by atoms with van der Waals surface area (Å²) in [6.45, 7) is 0.780. The highest BCUT2D eigenvalue weighted by atomic mass is 35.5. The summed E-state index contributed by atoms with van der Waals surface area (Å²) in [6, 6.07) is 5.44. The van der Waals surface area contributed by atoms with Gasteiger partial charge in [0.2, 0.25) is 12.2 Å². The van der Waals surface area contributed by atoms with Crippen LogP contribution in [0.2, 0.25) is 5.02 Å². The number of amides is 1. The molecule has 0 unspecified atom stereocenters. The molecule has 0 saturated carbocycles. The van der Waals surface area contributed by atoms with Crippen molar-refractivity contribution in [3.05, 3.63) is 29.3 Å². The molecule has 22 heavy (non-hydrogen) atoms. The van der Waals surface area contributed by atoms with E-state index in [0.717, 1.165) is 0 Å². The normalized spacial score (nSPS) is 31.6. The van der Waals surface area contributed by atoms with E-state index < -0.39 is 43.2 Å². The highest BCUT2D eigenvalue weighted by Crippen LogP contribution is 2.25. The predicted molar refractivity (Wildman–Crippen MR) is 77.4 cm³/mol. The molecule has 1 aliphatic rings. The van der Waals surface area contributed by atoms with Crippen molar-refractivity contribution in [3.8, 4) is 5.75 Å². The quantitative estimate of drug-likeness (QED) is 0.601. The van der Waals surface area contributed by atoms with Gasteiger partial charge >= 0.3 is 0 Å². The molecule has 0 aromatic heterocycles. The van der Waals surface area contributed by atoms with Gasteiger partial charge in [0.1, 0.15) is 30.1 Å². The fourth-order valence-electron chi connectivity index (χ4n) is 2.22. The third-order valence-corrected chi connectivity index (χ3v) is 3.57. The second-order valence-electron chi connectivity index (χ2n) is 5.00. The van der Waals surface area contributed by atoms with Crippen LogP contribution in [-0.2, 0) is 9.53 Å². The molecule has 0 bridgehead atoms. The number of hydrogen-bond donors (Lipinski definition) is 4. The Labute approximate surface area is 132 Å². The lowest BCUT2D eigenvalue weighted by molar-refractivity contribution is -0.244. The summed E-state index contributed by atoms with van der Waals surface area (Å²) < 4.78 is 11.0. The van der Waals surface area contributed by atoms with Crippen LogP contribution in [0.5, 0.6) is 5.75 Å². The topological polar surface area (TPSA) is 108 Å². The van der Waals surface area contributed by atoms with Crippen LogP contribution in [0.1, 0.15) is 6.92 Å². The SMILES string of the molecule is CC(=O)N[C@@H]1[C@@H](Oc2ccc(Cl)cc2)O[C@@H](CO)[C@@H](O)[C@H]1O. The fraction of sp³-hybridized carbons (Fsp3) is 0.500. The van der Waals surface area contributed by atoms with Gasteiger partial charge in [0.15, 0.2) is 0 Å². The summed E-state index contributed by atoms with van der Waals surface area (Å²) >= 11 is 5.79. The van der Waals surface area contributed by atoms with Gasteiger partial charge in [-0.05, 0) is 24.3 Å². The maximum Gasteiger partial charge on any atom is 0.223 e. The molecule has 1 aromatic carbocycles. The molecule has 7 nitrogen and oxygen atoms in total. The minimum Gasteiger partial charge on any atom is -0.463 e. The van der Waals surface area contributed by atoms with E-state index in [-0.39, 0.29) is 0 Å². The average Bonchev–Trinajstić information content (AvgIpc) is 2.48. The second kappa shape index (κ2) is 7.26. The van der Waals surface area contributed by atoms with Crippen LogP contribution in [-0.4, -0.2) is 58.5 Å². The molecule has 1 aliphatic heterocycles. The molecule has 4 N–H and O–H groups in total. The van der Waals surface area contributed by atoms with Gasteiger partial charge in [-0.2, -0.15) is 0 Å². The Morgan fingerprint density at radius 2 is 1.95 bits per heavy atom. The Kier molecular flexibility index (Phi) is 5.60. The van der Waals surface area contributed by atoms with Crippen molar-refractivity contribution < 1.29 is 29.6 Å². The van der Waals surface area contributed by atoms with Gasteiger partial charge in [-0.3, -0.25) is 4.79 Å². The molecule has 5 atom stereocenters.